The van der Waals surface area contributed by atoms with Gasteiger partial charge in [0, 0.05) is 23.6 Å². The summed E-state index contributed by atoms with van der Waals surface area (Å²) in [6.45, 7) is 3.83. The lowest BCUT2D eigenvalue weighted by Gasteiger charge is -2.14. The van der Waals surface area contributed by atoms with Gasteiger partial charge in [0.05, 0.1) is 6.04 Å². The van der Waals surface area contributed by atoms with E-state index in [0.717, 1.165) is 11.1 Å². The van der Waals surface area contributed by atoms with Crippen molar-refractivity contribution in [3.63, 3.8) is 0 Å². The molecule has 2 rings (SSSR count). The normalized spacial score (nSPS) is 11.9. The first-order valence-corrected chi connectivity index (χ1v) is 6.15. The molecule has 0 aliphatic carbocycles. The molecule has 98 valence electrons. The summed E-state index contributed by atoms with van der Waals surface area (Å²) in [6, 6.07) is 8.99. The molecule has 0 aliphatic rings. The Hall–Kier alpha value is -2.36. The van der Waals surface area contributed by atoms with Gasteiger partial charge in [0.15, 0.2) is 0 Å². The van der Waals surface area contributed by atoms with E-state index >= 15 is 0 Å². The molecule has 0 aliphatic heterocycles. The van der Waals surface area contributed by atoms with E-state index in [1.807, 2.05) is 26.0 Å². The fraction of sp³-hybridized carbons (Fsp3) is 0.200. The van der Waals surface area contributed by atoms with Crippen LogP contribution in [-0.2, 0) is 0 Å². The van der Waals surface area contributed by atoms with Crippen LogP contribution in [0, 0.1) is 6.92 Å². The summed E-state index contributed by atoms with van der Waals surface area (Å²) in [6.07, 6.45) is 3.43. The van der Waals surface area contributed by atoms with E-state index in [9.17, 15) is 4.79 Å². The Morgan fingerprint density at radius 3 is 2.58 bits per heavy atom. The van der Waals surface area contributed by atoms with Crippen LogP contribution < -0.4 is 11.1 Å². The molecule has 0 bridgehead atoms. The second-order valence-corrected chi connectivity index (χ2v) is 4.55. The van der Waals surface area contributed by atoms with Crippen LogP contribution in [0.5, 0.6) is 0 Å². The zero-order valence-electron chi connectivity index (χ0n) is 11.1. The lowest BCUT2D eigenvalue weighted by molar-refractivity contribution is 0.0940. The van der Waals surface area contributed by atoms with Crippen LogP contribution in [0.1, 0.15) is 34.5 Å². The molecule has 2 aromatic rings. The van der Waals surface area contributed by atoms with Crippen molar-refractivity contribution in [1.29, 1.82) is 0 Å². The van der Waals surface area contributed by atoms with Gasteiger partial charge in [0.1, 0.15) is 0 Å². The lowest BCUT2D eigenvalue weighted by Crippen LogP contribution is -2.26. The van der Waals surface area contributed by atoms with Crippen LogP contribution in [0.4, 0.5) is 5.69 Å². The Morgan fingerprint density at radius 2 is 1.95 bits per heavy atom. The number of benzene rings is 1. The van der Waals surface area contributed by atoms with Crippen molar-refractivity contribution in [2.75, 3.05) is 5.73 Å². The highest BCUT2D eigenvalue weighted by Gasteiger charge is 2.11. The van der Waals surface area contributed by atoms with Gasteiger partial charge in [0.25, 0.3) is 5.91 Å². The first kappa shape index (κ1) is 13.1. The molecule has 0 saturated heterocycles. The van der Waals surface area contributed by atoms with E-state index in [0.29, 0.717) is 11.3 Å². The molecule has 1 aromatic carbocycles. The van der Waals surface area contributed by atoms with Crippen LogP contribution in [0.2, 0.25) is 0 Å². The van der Waals surface area contributed by atoms with Gasteiger partial charge in [-0.2, -0.15) is 0 Å². The Balaban J connectivity index is 2.11. The van der Waals surface area contributed by atoms with Gasteiger partial charge >= 0.3 is 0 Å². The molecule has 1 aromatic heterocycles. The maximum Gasteiger partial charge on any atom is 0.251 e. The number of anilines is 1. The van der Waals surface area contributed by atoms with Gasteiger partial charge in [-0.3, -0.25) is 9.78 Å². The van der Waals surface area contributed by atoms with E-state index in [-0.39, 0.29) is 11.9 Å². The molecule has 1 atom stereocenters. The monoisotopic (exact) mass is 255 g/mol. The van der Waals surface area contributed by atoms with Crippen LogP contribution in [0.15, 0.2) is 42.7 Å². The number of carbonyl (C=O) groups is 1. The SMILES string of the molecule is Cc1cc(C(=O)N[C@@H](C)c2ccncc2)ccc1N. The van der Waals surface area contributed by atoms with Crippen LogP contribution in [-0.4, -0.2) is 10.9 Å². The molecule has 1 heterocycles. The highest BCUT2D eigenvalue weighted by atomic mass is 16.1. The fourth-order valence-electron chi connectivity index (χ4n) is 1.83. The average molecular weight is 255 g/mol. The molecule has 1 amide bonds. The topological polar surface area (TPSA) is 68.0 Å². The Morgan fingerprint density at radius 1 is 1.26 bits per heavy atom. The quantitative estimate of drug-likeness (QED) is 0.828. The minimum atomic E-state index is -0.104. The van der Waals surface area contributed by atoms with Gasteiger partial charge < -0.3 is 11.1 Å². The highest BCUT2D eigenvalue weighted by Crippen LogP contribution is 2.15. The van der Waals surface area contributed by atoms with Crippen LogP contribution in [0.25, 0.3) is 0 Å². The molecule has 0 spiro atoms. The first-order valence-electron chi connectivity index (χ1n) is 6.15. The number of aromatic nitrogens is 1. The fourth-order valence-corrected chi connectivity index (χ4v) is 1.83. The Kier molecular flexibility index (Phi) is 3.80. The largest absolute Gasteiger partial charge is 0.399 e. The number of rotatable bonds is 3. The van der Waals surface area contributed by atoms with Gasteiger partial charge in [-0.05, 0) is 55.3 Å². The number of nitrogens with one attached hydrogen (secondary N) is 1. The van der Waals surface area contributed by atoms with Crippen molar-refractivity contribution < 1.29 is 4.79 Å². The van der Waals surface area contributed by atoms with Crippen LogP contribution in [0.3, 0.4) is 0 Å². The van der Waals surface area contributed by atoms with E-state index in [4.69, 9.17) is 5.73 Å². The average Bonchev–Trinajstić information content (AvgIpc) is 2.42. The molecule has 4 nitrogen and oxygen atoms in total. The molecular formula is C15H17N3O. The van der Waals surface area contributed by atoms with Crippen molar-refractivity contribution in [2.24, 2.45) is 0 Å². The predicted molar refractivity (Wildman–Crippen MR) is 75.7 cm³/mol. The van der Waals surface area contributed by atoms with Crippen molar-refractivity contribution >= 4 is 11.6 Å². The summed E-state index contributed by atoms with van der Waals surface area (Å²) in [4.78, 5) is 16.1. The highest BCUT2D eigenvalue weighted by molar-refractivity contribution is 5.95. The number of hydrogen-bond acceptors (Lipinski definition) is 3. The predicted octanol–water partition coefficient (Wildman–Crippen LogP) is 2.46. The molecule has 0 fully saturated rings. The minimum Gasteiger partial charge on any atom is -0.399 e. The molecule has 0 unspecified atom stereocenters. The summed E-state index contributed by atoms with van der Waals surface area (Å²) in [5.41, 5.74) is 8.98. The van der Waals surface area contributed by atoms with E-state index in [1.54, 1.807) is 30.6 Å². The zero-order valence-corrected chi connectivity index (χ0v) is 11.1. The number of nitrogens with two attached hydrogens (primary N) is 1. The standard InChI is InChI=1S/C15H17N3O/c1-10-9-13(3-4-14(10)16)15(19)18-11(2)12-5-7-17-8-6-12/h3-9,11H,16H2,1-2H3,(H,18,19)/t11-/m0/s1. The number of aryl methyl sites for hydroxylation is 1. The summed E-state index contributed by atoms with van der Waals surface area (Å²) in [7, 11) is 0. The van der Waals surface area contributed by atoms with Gasteiger partial charge in [-0.25, -0.2) is 0 Å². The third kappa shape index (κ3) is 3.10. The van der Waals surface area contributed by atoms with Crippen molar-refractivity contribution in [3.05, 3.63) is 59.4 Å². The maximum absolute atomic E-state index is 12.1. The third-order valence-corrected chi connectivity index (χ3v) is 3.09. The number of nitrogens with zero attached hydrogens (tertiary/aromatic N) is 1. The minimum absolute atomic E-state index is 0.0617. The lowest BCUT2D eigenvalue weighted by atomic mass is 10.1. The van der Waals surface area contributed by atoms with Crippen molar-refractivity contribution in [2.45, 2.75) is 19.9 Å². The number of carbonyl (C=O) groups excluding carboxylic acids is 1. The summed E-state index contributed by atoms with van der Waals surface area (Å²) in [5.74, 6) is -0.104. The molecule has 0 radical (unpaired) electrons. The Labute approximate surface area is 112 Å². The van der Waals surface area contributed by atoms with Crippen molar-refractivity contribution in [1.82, 2.24) is 10.3 Å². The molecule has 3 N–H and O–H groups in total. The molecule has 0 saturated carbocycles. The first-order chi connectivity index (χ1) is 9.08. The molecule has 19 heavy (non-hydrogen) atoms. The molecule has 4 heteroatoms. The zero-order chi connectivity index (χ0) is 13.8. The number of hydrogen-bond donors (Lipinski definition) is 2. The van der Waals surface area contributed by atoms with Crippen LogP contribution >= 0.6 is 0 Å². The maximum atomic E-state index is 12.1. The van der Waals surface area contributed by atoms with E-state index in [1.165, 1.54) is 0 Å². The second-order valence-electron chi connectivity index (χ2n) is 4.55. The smallest absolute Gasteiger partial charge is 0.251 e. The van der Waals surface area contributed by atoms with Gasteiger partial charge in [-0.1, -0.05) is 0 Å². The van der Waals surface area contributed by atoms with E-state index < -0.39 is 0 Å². The number of nitrogen functional groups attached to an aromatic ring is 1. The summed E-state index contributed by atoms with van der Waals surface area (Å²) in [5, 5.41) is 2.95. The summed E-state index contributed by atoms with van der Waals surface area (Å²) >= 11 is 0. The van der Waals surface area contributed by atoms with Crippen molar-refractivity contribution in [3.8, 4) is 0 Å². The van der Waals surface area contributed by atoms with E-state index in [2.05, 4.69) is 10.3 Å². The second kappa shape index (κ2) is 5.52. The number of pyridine rings is 1. The van der Waals surface area contributed by atoms with Gasteiger partial charge in [-0.15, -0.1) is 0 Å². The molecular weight excluding hydrogens is 238 g/mol. The summed E-state index contributed by atoms with van der Waals surface area (Å²) < 4.78 is 0. The van der Waals surface area contributed by atoms with Gasteiger partial charge in [0.2, 0.25) is 0 Å². The number of amides is 1. The Bertz CT molecular complexity index is 581. The third-order valence-electron chi connectivity index (χ3n) is 3.09.